The van der Waals surface area contributed by atoms with Crippen molar-refractivity contribution in [2.24, 2.45) is 5.84 Å². The van der Waals surface area contributed by atoms with Crippen molar-refractivity contribution in [3.63, 3.8) is 0 Å². The van der Waals surface area contributed by atoms with Crippen LogP contribution in [0.5, 0.6) is 0 Å². The van der Waals surface area contributed by atoms with Crippen molar-refractivity contribution in [2.45, 2.75) is 44.0 Å². The zero-order chi connectivity index (χ0) is 13.8. The van der Waals surface area contributed by atoms with E-state index < -0.39 is 15.6 Å². The lowest BCUT2D eigenvalue weighted by molar-refractivity contribution is 0.388. The summed E-state index contributed by atoms with van der Waals surface area (Å²) in [5.74, 6) is 5.53. The Kier molecular flexibility index (Phi) is 4.66. The first-order chi connectivity index (χ1) is 8.37. The third-order valence-corrected chi connectivity index (χ3v) is 4.77. The van der Waals surface area contributed by atoms with Crippen LogP contribution >= 0.6 is 0 Å². The summed E-state index contributed by atoms with van der Waals surface area (Å²) in [6.45, 7) is 5.78. The maximum atomic E-state index is 12.2. The zero-order valence-corrected chi connectivity index (χ0v) is 11.7. The fraction of sp³-hybridized carbons (Fsp3) is 0.545. The SMILES string of the molecule is CCC(C)(CC)NS(=O)(=O)c1ccnc(NN)c1. The van der Waals surface area contributed by atoms with Gasteiger partial charge in [0.25, 0.3) is 0 Å². The highest BCUT2D eigenvalue weighted by atomic mass is 32.2. The van der Waals surface area contributed by atoms with Gasteiger partial charge >= 0.3 is 0 Å². The number of nitrogens with zero attached hydrogens (tertiary/aromatic N) is 1. The van der Waals surface area contributed by atoms with Gasteiger partial charge in [0.15, 0.2) is 0 Å². The first-order valence-corrected chi connectivity index (χ1v) is 7.32. The van der Waals surface area contributed by atoms with Gasteiger partial charge in [-0.3, -0.25) is 0 Å². The van der Waals surface area contributed by atoms with Crippen molar-refractivity contribution in [1.29, 1.82) is 0 Å². The van der Waals surface area contributed by atoms with Crippen LogP contribution in [-0.4, -0.2) is 18.9 Å². The highest BCUT2D eigenvalue weighted by Crippen LogP contribution is 2.19. The highest BCUT2D eigenvalue weighted by molar-refractivity contribution is 7.89. The van der Waals surface area contributed by atoms with E-state index in [1.807, 2.05) is 20.8 Å². The van der Waals surface area contributed by atoms with Gasteiger partial charge < -0.3 is 5.43 Å². The molecule has 1 rings (SSSR count). The number of nitrogens with one attached hydrogen (secondary N) is 2. The minimum Gasteiger partial charge on any atom is -0.308 e. The zero-order valence-electron chi connectivity index (χ0n) is 10.9. The van der Waals surface area contributed by atoms with Crippen LogP contribution in [0.25, 0.3) is 0 Å². The molecule has 1 aromatic rings. The monoisotopic (exact) mass is 272 g/mol. The number of hydrogen-bond donors (Lipinski definition) is 3. The average molecular weight is 272 g/mol. The molecule has 0 bridgehead atoms. The van der Waals surface area contributed by atoms with Crippen molar-refractivity contribution < 1.29 is 8.42 Å². The van der Waals surface area contributed by atoms with E-state index in [-0.39, 0.29) is 4.90 Å². The van der Waals surface area contributed by atoms with Crippen LogP contribution in [0.3, 0.4) is 0 Å². The largest absolute Gasteiger partial charge is 0.308 e. The van der Waals surface area contributed by atoms with Gasteiger partial charge in [0.2, 0.25) is 10.0 Å². The Labute approximate surface area is 108 Å². The highest BCUT2D eigenvalue weighted by Gasteiger charge is 2.27. The third-order valence-electron chi connectivity index (χ3n) is 3.13. The summed E-state index contributed by atoms with van der Waals surface area (Å²) in [7, 11) is -3.56. The molecule has 4 N–H and O–H groups in total. The summed E-state index contributed by atoms with van der Waals surface area (Å²) >= 11 is 0. The van der Waals surface area contributed by atoms with E-state index in [1.165, 1.54) is 18.3 Å². The summed E-state index contributed by atoms with van der Waals surface area (Å²) in [4.78, 5) is 4.03. The third kappa shape index (κ3) is 3.41. The molecule has 102 valence electrons. The molecule has 6 nitrogen and oxygen atoms in total. The number of hydrazine groups is 1. The predicted molar refractivity (Wildman–Crippen MR) is 71.4 cm³/mol. The first-order valence-electron chi connectivity index (χ1n) is 5.83. The Hall–Kier alpha value is -1.18. The van der Waals surface area contributed by atoms with E-state index >= 15 is 0 Å². The van der Waals surface area contributed by atoms with E-state index in [0.717, 1.165) is 12.8 Å². The summed E-state index contributed by atoms with van der Waals surface area (Å²) in [6, 6.07) is 2.84. The maximum Gasteiger partial charge on any atom is 0.241 e. The molecule has 18 heavy (non-hydrogen) atoms. The quantitative estimate of drug-likeness (QED) is 0.534. The van der Waals surface area contributed by atoms with Crippen LogP contribution in [0, 0.1) is 0 Å². The molecule has 0 aromatic carbocycles. The molecule has 0 fully saturated rings. The van der Waals surface area contributed by atoms with Crippen molar-refractivity contribution in [3.05, 3.63) is 18.3 Å². The molecule has 0 atom stereocenters. The van der Waals surface area contributed by atoms with Crippen LogP contribution in [0.15, 0.2) is 23.2 Å². The standard InChI is InChI=1S/C11H20N4O2S/c1-4-11(3,5-2)15-18(16,17)9-6-7-13-10(8-9)14-12/h6-8,15H,4-5,12H2,1-3H3,(H,13,14). The molecule has 1 aromatic heterocycles. The predicted octanol–water partition coefficient (Wildman–Crippen LogP) is 1.22. The maximum absolute atomic E-state index is 12.2. The molecule has 0 amide bonds. The number of nitrogen functional groups attached to an aromatic ring is 1. The van der Waals surface area contributed by atoms with E-state index in [2.05, 4.69) is 15.1 Å². The summed E-state index contributed by atoms with van der Waals surface area (Å²) in [5.41, 5.74) is 1.88. The van der Waals surface area contributed by atoms with Crippen molar-refractivity contribution in [3.8, 4) is 0 Å². The lowest BCUT2D eigenvalue weighted by Crippen LogP contribution is -2.44. The van der Waals surface area contributed by atoms with Gasteiger partial charge in [-0.15, -0.1) is 0 Å². The van der Waals surface area contributed by atoms with Gasteiger partial charge in [-0.05, 0) is 25.8 Å². The lowest BCUT2D eigenvalue weighted by Gasteiger charge is -2.27. The molecule has 1 heterocycles. The second kappa shape index (κ2) is 5.64. The number of pyridine rings is 1. The molecular weight excluding hydrogens is 252 g/mol. The molecule has 0 saturated carbocycles. The molecule has 0 unspecified atom stereocenters. The number of rotatable bonds is 6. The summed E-state index contributed by atoms with van der Waals surface area (Å²) in [5, 5.41) is 0. The average Bonchev–Trinajstić information content (AvgIpc) is 2.38. The summed E-state index contributed by atoms with van der Waals surface area (Å²) < 4.78 is 27.2. The Morgan fingerprint density at radius 2 is 2.00 bits per heavy atom. The van der Waals surface area contributed by atoms with Crippen molar-refractivity contribution >= 4 is 15.8 Å². The van der Waals surface area contributed by atoms with Gasteiger partial charge in [0, 0.05) is 17.8 Å². The van der Waals surface area contributed by atoms with E-state index in [1.54, 1.807) is 0 Å². The van der Waals surface area contributed by atoms with Gasteiger partial charge in [-0.25, -0.2) is 24.0 Å². The van der Waals surface area contributed by atoms with Gasteiger partial charge in [-0.1, -0.05) is 13.8 Å². The van der Waals surface area contributed by atoms with Crippen LogP contribution < -0.4 is 16.0 Å². The minimum atomic E-state index is -3.56. The Morgan fingerprint density at radius 1 is 1.39 bits per heavy atom. The summed E-state index contributed by atoms with van der Waals surface area (Å²) in [6.07, 6.45) is 2.84. The Bertz CT molecular complexity index is 498. The molecule has 0 radical (unpaired) electrons. The minimum absolute atomic E-state index is 0.151. The molecule has 0 aliphatic carbocycles. The molecule has 0 saturated heterocycles. The second-order valence-electron chi connectivity index (χ2n) is 4.39. The number of sulfonamides is 1. The molecule has 0 aliphatic heterocycles. The smallest absolute Gasteiger partial charge is 0.241 e. The van der Waals surface area contributed by atoms with E-state index in [0.29, 0.717) is 5.82 Å². The Morgan fingerprint density at radius 3 is 2.50 bits per heavy atom. The molecule has 0 aliphatic rings. The molecule has 7 heteroatoms. The van der Waals surface area contributed by atoms with Crippen LogP contribution in [-0.2, 0) is 10.0 Å². The van der Waals surface area contributed by atoms with Gasteiger partial charge in [-0.2, -0.15) is 0 Å². The first kappa shape index (κ1) is 14.9. The van der Waals surface area contributed by atoms with Crippen molar-refractivity contribution in [1.82, 2.24) is 9.71 Å². The molecular formula is C11H20N4O2S. The van der Waals surface area contributed by atoms with E-state index in [9.17, 15) is 8.42 Å². The number of nitrogens with two attached hydrogens (primary N) is 1. The number of aromatic nitrogens is 1. The van der Waals surface area contributed by atoms with Gasteiger partial charge in [0.1, 0.15) is 5.82 Å². The van der Waals surface area contributed by atoms with Crippen LogP contribution in [0.2, 0.25) is 0 Å². The number of hydrogen-bond acceptors (Lipinski definition) is 5. The fourth-order valence-corrected chi connectivity index (χ4v) is 3.00. The molecule has 0 spiro atoms. The Balaban J connectivity index is 3.06. The van der Waals surface area contributed by atoms with Gasteiger partial charge in [0.05, 0.1) is 4.90 Å². The van der Waals surface area contributed by atoms with Crippen LogP contribution in [0.1, 0.15) is 33.6 Å². The van der Waals surface area contributed by atoms with Crippen molar-refractivity contribution in [2.75, 3.05) is 5.43 Å². The van der Waals surface area contributed by atoms with Crippen LogP contribution in [0.4, 0.5) is 5.82 Å². The lowest BCUT2D eigenvalue weighted by atomic mass is 9.98. The van der Waals surface area contributed by atoms with E-state index in [4.69, 9.17) is 5.84 Å². The number of anilines is 1. The normalized spacial score (nSPS) is 12.4. The fourth-order valence-electron chi connectivity index (χ4n) is 1.43. The second-order valence-corrected chi connectivity index (χ2v) is 6.08. The topological polar surface area (TPSA) is 97.1 Å².